The van der Waals surface area contributed by atoms with E-state index in [1.54, 1.807) is 19.0 Å². The van der Waals surface area contributed by atoms with E-state index in [-0.39, 0.29) is 5.91 Å². The number of rotatable bonds is 8. The van der Waals surface area contributed by atoms with Gasteiger partial charge in [-0.05, 0) is 36.6 Å². The number of hydrogen-bond acceptors (Lipinski definition) is 3. The van der Waals surface area contributed by atoms with Crippen molar-refractivity contribution in [1.29, 1.82) is 0 Å². The Hall–Kier alpha value is -3.61. The van der Waals surface area contributed by atoms with Crippen LogP contribution in [0.15, 0.2) is 65.8 Å². The number of carbonyl (C=O) groups is 1. The van der Waals surface area contributed by atoms with Gasteiger partial charge < -0.3 is 20.1 Å². The second kappa shape index (κ2) is 11.1. The number of amides is 1. The zero-order valence-corrected chi connectivity index (χ0v) is 19.3. The van der Waals surface area contributed by atoms with E-state index in [0.717, 1.165) is 41.6 Å². The first-order valence-electron chi connectivity index (χ1n) is 10.9. The van der Waals surface area contributed by atoms with Gasteiger partial charge >= 0.3 is 0 Å². The number of H-pyrrole nitrogens is 1. The van der Waals surface area contributed by atoms with Crippen LogP contribution in [0.5, 0.6) is 0 Å². The number of guanidine groups is 1. The summed E-state index contributed by atoms with van der Waals surface area (Å²) in [4.78, 5) is 28.5. The number of aliphatic imine (C=N–C) groups is 1. The van der Waals surface area contributed by atoms with Crippen molar-refractivity contribution in [2.75, 3.05) is 34.2 Å². The summed E-state index contributed by atoms with van der Waals surface area (Å²) in [6, 6.07) is 17.9. The Morgan fingerprint density at radius 2 is 1.88 bits per heavy atom. The highest BCUT2D eigenvalue weighted by Gasteiger charge is 2.11. The largest absolute Gasteiger partial charge is 0.357 e. The van der Waals surface area contributed by atoms with Gasteiger partial charge in [-0.2, -0.15) is 0 Å². The molecule has 2 N–H and O–H groups in total. The Labute approximate surface area is 190 Å². The third-order valence-electron chi connectivity index (χ3n) is 5.04. The summed E-state index contributed by atoms with van der Waals surface area (Å²) in [6.07, 6.45) is 2.63. The average Bonchev–Trinajstić information content (AvgIpc) is 3.27. The van der Waals surface area contributed by atoms with Crippen molar-refractivity contribution >= 4 is 11.9 Å². The van der Waals surface area contributed by atoms with E-state index in [9.17, 15) is 4.79 Å². The number of carbonyl (C=O) groups excluding carboxylic acids is 1. The van der Waals surface area contributed by atoms with E-state index < -0.39 is 0 Å². The molecule has 0 aliphatic heterocycles. The quantitative estimate of drug-likeness (QED) is 0.422. The highest BCUT2D eigenvalue weighted by Crippen LogP contribution is 2.16. The molecule has 7 heteroatoms. The molecule has 3 aromatic rings. The number of imidazole rings is 1. The normalized spacial score (nSPS) is 11.3. The van der Waals surface area contributed by atoms with Crippen molar-refractivity contribution < 1.29 is 4.79 Å². The molecule has 0 aliphatic carbocycles. The molecule has 1 heterocycles. The first-order valence-corrected chi connectivity index (χ1v) is 10.9. The summed E-state index contributed by atoms with van der Waals surface area (Å²) in [6.45, 7) is 4.08. The molecule has 32 heavy (non-hydrogen) atoms. The Bertz CT molecular complexity index is 1040. The van der Waals surface area contributed by atoms with Gasteiger partial charge in [0.25, 0.3) is 5.91 Å². The van der Waals surface area contributed by atoms with Crippen molar-refractivity contribution in [3.05, 3.63) is 77.7 Å². The smallest absolute Gasteiger partial charge is 0.253 e. The monoisotopic (exact) mass is 432 g/mol. The zero-order valence-electron chi connectivity index (χ0n) is 19.3. The van der Waals surface area contributed by atoms with Gasteiger partial charge in [0.1, 0.15) is 5.82 Å². The van der Waals surface area contributed by atoms with Crippen LogP contribution in [0.1, 0.15) is 28.7 Å². The number of aromatic amines is 1. The first kappa shape index (κ1) is 23.1. The first-order chi connectivity index (χ1) is 15.5. The maximum Gasteiger partial charge on any atom is 0.253 e. The predicted octanol–water partition coefficient (Wildman–Crippen LogP) is 3.42. The van der Waals surface area contributed by atoms with Gasteiger partial charge in [-0.25, -0.2) is 4.98 Å². The number of hydrogen-bond donors (Lipinski definition) is 2. The zero-order chi connectivity index (χ0) is 22.9. The van der Waals surface area contributed by atoms with Crippen molar-refractivity contribution in [1.82, 2.24) is 25.1 Å². The van der Waals surface area contributed by atoms with Gasteiger partial charge in [-0.15, -0.1) is 0 Å². The Kier molecular flexibility index (Phi) is 8.02. The van der Waals surface area contributed by atoms with Gasteiger partial charge in [0, 0.05) is 39.8 Å². The Morgan fingerprint density at radius 3 is 2.59 bits per heavy atom. The van der Waals surface area contributed by atoms with Crippen molar-refractivity contribution in [3.63, 3.8) is 0 Å². The van der Waals surface area contributed by atoms with Crippen molar-refractivity contribution in [3.8, 4) is 11.3 Å². The lowest BCUT2D eigenvalue weighted by molar-refractivity contribution is 0.0827. The standard InChI is InChI=1S/C25H32N6O/c1-5-26-25(27-15-14-19-10-9-13-21(16-19)24(32)30(2)3)31(4)18-23-28-17-22(29-23)20-11-7-6-8-12-20/h6-13,16-17H,5,14-15,18H2,1-4H3,(H,26,27)(H,28,29). The molecule has 168 valence electrons. The number of nitrogens with one attached hydrogen (secondary N) is 2. The fourth-order valence-electron chi connectivity index (χ4n) is 3.39. The molecule has 0 saturated carbocycles. The fraction of sp³-hybridized carbons (Fsp3) is 0.320. The number of benzene rings is 2. The van der Waals surface area contributed by atoms with E-state index in [4.69, 9.17) is 4.99 Å². The molecule has 0 unspecified atom stereocenters. The topological polar surface area (TPSA) is 76.6 Å². The van der Waals surface area contributed by atoms with E-state index in [2.05, 4.69) is 39.2 Å². The van der Waals surface area contributed by atoms with Crippen molar-refractivity contribution in [2.24, 2.45) is 4.99 Å². The van der Waals surface area contributed by atoms with Crippen LogP contribution >= 0.6 is 0 Å². The number of nitrogens with zero attached hydrogens (tertiary/aromatic N) is 4. The third-order valence-corrected chi connectivity index (χ3v) is 5.04. The van der Waals surface area contributed by atoms with Gasteiger partial charge in [-0.1, -0.05) is 42.5 Å². The maximum absolute atomic E-state index is 12.2. The minimum Gasteiger partial charge on any atom is -0.357 e. The lowest BCUT2D eigenvalue weighted by Gasteiger charge is -2.21. The van der Waals surface area contributed by atoms with Crippen LogP contribution in [0.2, 0.25) is 0 Å². The van der Waals surface area contributed by atoms with Crippen LogP contribution in [0, 0.1) is 0 Å². The van der Waals surface area contributed by atoms with Crippen LogP contribution < -0.4 is 5.32 Å². The van der Waals surface area contributed by atoms with E-state index >= 15 is 0 Å². The molecule has 1 amide bonds. The minimum absolute atomic E-state index is 0.0109. The van der Waals surface area contributed by atoms with Gasteiger partial charge in [0.15, 0.2) is 5.96 Å². The second-order valence-corrected chi connectivity index (χ2v) is 7.85. The van der Waals surface area contributed by atoms with Crippen LogP contribution in [0.3, 0.4) is 0 Å². The van der Waals surface area contributed by atoms with Crippen LogP contribution in [-0.4, -0.2) is 65.9 Å². The molecule has 0 aliphatic rings. The van der Waals surface area contributed by atoms with E-state index in [1.807, 2.05) is 55.7 Å². The fourth-order valence-corrected chi connectivity index (χ4v) is 3.39. The second-order valence-electron chi connectivity index (χ2n) is 7.85. The molecule has 0 fully saturated rings. The molecular weight excluding hydrogens is 400 g/mol. The third kappa shape index (κ3) is 6.20. The molecule has 1 aromatic heterocycles. The number of aromatic nitrogens is 2. The minimum atomic E-state index is 0.0109. The summed E-state index contributed by atoms with van der Waals surface area (Å²) >= 11 is 0. The van der Waals surface area contributed by atoms with Gasteiger partial charge in [0.2, 0.25) is 0 Å². The summed E-state index contributed by atoms with van der Waals surface area (Å²) in [7, 11) is 5.53. The summed E-state index contributed by atoms with van der Waals surface area (Å²) in [5.41, 5.74) is 3.92. The SMILES string of the molecule is CCNC(=NCCc1cccc(C(=O)N(C)C)c1)N(C)Cc1ncc(-c2ccccc2)[nH]1. The average molecular weight is 433 g/mol. The predicted molar refractivity (Wildman–Crippen MR) is 130 cm³/mol. The molecule has 0 atom stereocenters. The van der Waals surface area contributed by atoms with Crippen LogP contribution in [-0.2, 0) is 13.0 Å². The molecule has 0 saturated heterocycles. The lowest BCUT2D eigenvalue weighted by Crippen LogP contribution is -2.38. The Morgan fingerprint density at radius 1 is 1.09 bits per heavy atom. The molecular formula is C25H32N6O. The molecule has 0 bridgehead atoms. The van der Waals surface area contributed by atoms with Gasteiger partial charge in [0.05, 0.1) is 18.4 Å². The summed E-state index contributed by atoms with van der Waals surface area (Å²) in [5.74, 6) is 1.72. The molecule has 2 aromatic carbocycles. The maximum atomic E-state index is 12.2. The highest BCUT2D eigenvalue weighted by atomic mass is 16.2. The summed E-state index contributed by atoms with van der Waals surface area (Å²) < 4.78 is 0. The molecule has 7 nitrogen and oxygen atoms in total. The van der Waals surface area contributed by atoms with Crippen LogP contribution in [0.25, 0.3) is 11.3 Å². The van der Waals surface area contributed by atoms with E-state index in [0.29, 0.717) is 18.7 Å². The Balaban J connectivity index is 1.63. The molecule has 0 spiro atoms. The van der Waals surface area contributed by atoms with E-state index in [1.165, 1.54) is 0 Å². The highest BCUT2D eigenvalue weighted by molar-refractivity contribution is 5.94. The molecule has 3 rings (SSSR count). The van der Waals surface area contributed by atoms with Crippen molar-refractivity contribution in [2.45, 2.75) is 19.9 Å². The lowest BCUT2D eigenvalue weighted by atomic mass is 10.1. The van der Waals surface area contributed by atoms with Gasteiger partial charge in [-0.3, -0.25) is 9.79 Å². The molecule has 0 radical (unpaired) electrons. The van der Waals surface area contributed by atoms with Crippen LogP contribution in [0.4, 0.5) is 0 Å². The summed E-state index contributed by atoms with van der Waals surface area (Å²) in [5, 5.41) is 3.35.